The number of carbonyl (C=O) groups is 2. The van der Waals surface area contributed by atoms with Gasteiger partial charge in [-0.1, -0.05) is 41.4 Å². The molecule has 31 heavy (non-hydrogen) atoms. The van der Waals surface area contributed by atoms with Gasteiger partial charge >= 0.3 is 0 Å². The summed E-state index contributed by atoms with van der Waals surface area (Å²) >= 11 is 6.36. The summed E-state index contributed by atoms with van der Waals surface area (Å²) in [5.74, 6) is 0.194. The first-order chi connectivity index (χ1) is 14.9. The van der Waals surface area contributed by atoms with Crippen LogP contribution in [0.15, 0.2) is 36.4 Å². The van der Waals surface area contributed by atoms with Crippen molar-refractivity contribution in [1.82, 2.24) is 10.2 Å². The highest BCUT2D eigenvalue weighted by molar-refractivity contribution is 6.34. The van der Waals surface area contributed by atoms with Crippen molar-refractivity contribution in [2.24, 2.45) is 5.92 Å². The Morgan fingerprint density at radius 2 is 2.00 bits per heavy atom. The molecule has 0 radical (unpaired) electrons. The molecule has 6 nitrogen and oxygen atoms in total. The SMILES string of the molecule is COc1cc(NC(=O)C2CC2)c(Cl)cc1C(=O)N[C@H]1CCN(Cc2cccc(C)c2)C1. The number of carbonyl (C=O) groups excluding carboxylic acids is 2. The number of benzene rings is 2. The van der Waals surface area contributed by atoms with Crippen molar-refractivity contribution in [2.75, 3.05) is 25.5 Å². The summed E-state index contributed by atoms with van der Waals surface area (Å²) in [5.41, 5.74) is 3.37. The molecule has 164 valence electrons. The number of nitrogens with one attached hydrogen (secondary N) is 2. The van der Waals surface area contributed by atoms with Crippen LogP contribution in [-0.2, 0) is 11.3 Å². The highest BCUT2D eigenvalue weighted by Gasteiger charge is 2.30. The summed E-state index contributed by atoms with van der Waals surface area (Å²) in [4.78, 5) is 27.3. The van der Waals surface area contributed by atoms with Crippen molar-refractivity contribution in [3.05, 3.63) is 58.1 Å². The summed E-state index contributed by atoms with van der Waals surface area (Å²) in [6, 6.07) is 11.8. The van der Waals surface area contributed by atoms with E-state index in [4.69, 9.17) is 16.3 Å². The number of halogens is 1. The van der Waals surface area contributed by atoms with Gasteiger partial charge in [0.05, 0.1) is 23.4 Å². The van der Waals surface area contributed by atoms with E-state index >= 15 is 0 Å². The van der Waals surface area contributed by atoms with Crippen LogP contribution in [0.5, 0.6) is 5.75 Å². The number of likely N-dealkylation sites (tertiary alicyclic amines) is 1. The molecule has 0 spiro atoms. The fourth-order valence-electron chi connectivity index (χ4n) is 4.00. The molecule has 1 saturated carbocycles. The first kappa shape index (κ1) is 21.7. The van der Waals surface area contributed by atoms with E-state index in [0.717, 1.165) is 38.9 Å². The first-order valence-electron chi connectivity index (χ1n) is 10.7. The van der Waals surface area contributed by atoms with E-state index in [1.54, 1.807) is 12.1 Å². The van der Waals surface area contributed by atoms with Crippen molar-refractivity contribution < 1.29 is 14.3 Å². The number of aryl methyl sites for hydroxylation is 1. The summed E-state index contributed by atoms with van der Waals surface area (Å²) in [5, 5.41) is 6.26. The van der Waals surface area contributed by atoms with Gasteiger partial charge in [-0.2, -0.15) is 0 Å². The fourth-order valence-corrected chi connectivity index (χ4v) is 4.21. The van der Waals surface area contributed by atoms with Gasteiger partial charge in [0.1, 0.15) is 5.75 Å². The molecule has 1 saturated heterocycles. The van der Waals surface area contributed by atoms with Crippen LogP contribution in [0, 0.1) is 12.8 Å². The molecule has 4 rings (SSSR count). The number of ether oxygens (including phenoxy) is 1. The first-order valence-corrected chi connectivity index (χ1v) is 11.1. The molecule has 1 aliphatic heterocycles. The van der Waals surface area contributed by atoms with Gasteiger partial charge in [-0.05, 0) is 37.8 Å². The van der Waals surface area contributed by atoms with Crippen LogP contribution in [0.3, 0.4) is 0 Å². The summed E-state index contributed by atoms with van der Waals surface area (Å²) in [7, 11) is 1.51. The van der Waals surface area contributed by atoms with Gasteiger partial charge in [-0.15, -0.1) is 0 Å². The second-order valence-electron chi connectivity index (χ2n) is 8.48. The van der Waals surface area contributed by atoms with Gasteiger partial charge in [-0.3, -0.25) is 14.5 Å². The average Bonchev–Trinajstić information content (AvgIpc) is 3.51. The second kappa shape index (κ2) is 9.28. The molecule has 2 aliphatic rings. The van der Waals surface area contributed by atoms with E-state index in [-0.39, 0.29) is 23.8 Å². The molecule has 7 heteroatoms. The molecule has 0 unspecified atom stereocenters. The molecule has 1 heterocycles. The van der Waals surface area contributed by atoms with Gasteiger partial charge in [0, 0.05) is 37.7 Å². The minimum absolute atomic E-state index is 0.0409. The van der Waals surface area contributed by atoms with Crippen LogP contribution in [0.25, 0.3) is 0 Å². The molecular formula is C24H28ClN3O3. The maximum atomic E-state index is 12.9. The topological polar surface area (TPSA) is 70.7 Å². The van der Waals surface area contributed by atoms with E-state index < -0.39 is 0 Å². The van der Waals surface area contributed by atoms with Crippen molar-refractivity contribution in [3.63, 3.8) is 0 Å². The molecular weight excluding hydrogens is 414 g/mol. The molecule has 2 aromatic rings. The second-order valence-corrected chi connectivity index (χ2v) is 8.89. The lowest BCUT2D eigenvalue weighted by atomic mass is 10.1. The van der Waals surface area contributed by atoms with E-state index in [1.165, 1.54) is 18.2 Å². The van der Waals surface area contributed by atoms with Crippen molar-refractivity contribution in [3.8, 4) is 5.75 Å². The van der Waals surface area contributed by atoms with E-state index in [2.05, 4.69) is 46.7 Å². The largest absolute Gasteiger partial charge is 0.496 e. The van der Waals surface area contributed by atoms with E-state index in [0.29, 0.717) is 22.0 Å². The highest BCUT2D eigenvalue weighted by Crippen LogP contribution is 2.34. The molecule has 0 bridgehead atoms. The Hall–Kier alpha value is -2.57. The summed E-state index contributed by atoms with van der Waals surface area (Å²) < 4.78 is 5.41. The Kier molecular flexibility index (Phi) is 6.49. The minimum Gasteiger partial charge on any atom is -0.496 e. The summed E-state index contributed by atoms with van der Waals surface area (Å²) in [6.45, 7) is 4.70. The third-order valence-corrected chi connectivity index (χ3v) is 6.15. The van der Waals surface area contributed by atoms with Crippen LogP contribution >= 0.6 is 11.6 Å². The van der Waals surface area contributed by atoms with Crippen LogP contribution in [-0.4, -0.2) is 43.0 Å². The van der Waals surface area contributed by atoms with Crippen LogP contribution in [0.2, 0.25) is 5.02 Å². The molecule has 1 aliphatic carbocycles. The summed E-state index contributed by atoms with van der Waals surface area (Å²) in [6.07, 6.45) is 2.70. The van der Waals surface area contributed by atoms with Crippen molar-refractivity contribution in [2.45, 2.75) is 38.8 Å². The van der Waals surface area contributed by atoms with Crippen molar-refractivity contribution >= 4 is 29.1 Å². The van der Waals surface area contributed by atoms with E-state index in [1.807, 2.05) is 0 Å². The molecule has 1 atom stereocenters. The molecule has 2 N–H and O–H groups in total. The van der Waals surface area contributed by atoms with Crippen LogP contribution in [0.1, 0.15) is 40.7 Å². The van der Waals surface area contributed by atoms with Crippen LogP contribution < -0.4 is 15.4 Å². The standard InChI is InChI=1S/C24H28ClN3O3/c1-15-4-3-5-16(10-15)13-28-9-8-18(14-28)26-24(30)19-11-20(25)21(12-22(19)31-2)27-23(29)17-6-7-17/h3-5,10-12,17-18H,6-9,13-14H2,1-2H3,(H,26,30)(H,27,29)/t18-/m0/s1. The van der Waals surface area contributed by atoms with Gasteiger partial charge in [0.2, 0.25) is 5.91 Å². The number of anilines is 1. The zero-order chi connectivity index (χ0) is 22.0. The monoisotopic (exact) mass is 441 g/mol. The Bertz CT molecular complexity index is 990. The lowest BCUT2D eigenvalue weighted by Gasteiger charge is -2.18. The zero-order valence-electron chi connectivity index (χ0n) is 17.9. The number of rotatable bonds is 7. The minimum atomic E-state index is -0.221. The number of hydrogen-bond donors (Lipinski definition) is 2. The maximum absolute atomic E-state index is 12.9. The third-order valence-electron chi connectivity index (χ3n) is 5.84. The molecule has 2 fully saturated rings. The van der Waals surface area contributed by atoms with E-state index in [9.17, 15) is 9.59 Å². The fraction of sp³-hybridized carbons (Fsp3) is 0.417. The van der Waals surface area contributed by atoms with Gasteiger partial charge in [-0.25, -0.2) is 0 Å². The molecule has 0 aromatic heterocycles. The number of methoxy groups -OCH3 is 1. The molecule has 2 aromatic carbocycles. The highest BCUT2D eigenvalue weighted by atomic mass is 35.5. The molecule has 2 amide bonds. The van der Waals surface area contributed by atoms with Gasteiger partial charge in [0.25, 0.3) is 5.91 Å². The van der Waals surface area contributed by atoms with Gasteiger partial charge in [0.15, 0.2) is 0 Å². The number of amides is 2. The lowest BCUT2D eigenvalue weighted by Crippen LogP contribution is -2.37. The Morgan fingerprint density at radius 1 is 1.19 bits per heavy atom. The maximum Gasteiger partial charge on any atom is 0.255 e. The lowest BCUT2D eigenvalue weighted by molar-refractivity contribution is -0.117. The quantitative estimate of drug-likeness (QED) is 0.681. The Balaban J connectivity index is 1.38. The number of nitrogens with zero attached hydrogens (tertiary/aromatic N) is 1. The average molecular weight is 442 g/mol. The smallest absolute Gasteiger partial charge is 0.255 e. The Labute approximate surface area is 187 Å². The van der Waals surface area contributed by atoms with Crippen molar-refractivity contribution in [1.29, 1.82) is 0 Å². The predicted octanol–water partition coefficient (Wildman–Crippen LogP) is 4.01. The number of hydrogen-bond acceptors (Lipinski definition) is 4. The predicted molar refractivity (Wildman–Crippen MR) is 122 cm³/mol. The van der Waals surface area contributed by atoms with Crippen LogP contribution in [0.4, 0.5) is 5.69 Å². The Morgan fingerprint density at radius 3 is 2.71 bits per heavy atom. The third kappa shape index (κ3) is 5.38. The van der Waals surface area contributed by atoms with Gasteiger partial charge < -0.3 is 15.4 Å². The zero-order valence-corrected chi connectivity index (χ0v) is 18.7. The normalized spacial score (nSPS) is 18.6.